The fourth-order valence-electron chi connectivity index (χ4n) is 1.66. The van der Waals surface area contributed by atoms with Gasteiger partial charge in [0.2, 0.25) is 11.8 Å². The summed E-state index contributed by atoms with van der Waals surface area (Å²) in [6.45, 7) is 5.35. The maximum atomic E-state index is 11.8. The van der Waals surface area contributed by atoms with Crippen LogP contribution in [0, 0.1) is 0 Å². The highest BCUT2D eigenvalue weighted by atomic mass is 35.5. The standard InChI is InChI=1S/C15H18ClN5O3/c1-15(2,3)24-14(22)19-9-5-4-6-10(7-9)23-12-11(16)8-18-13(20-12)21-17/h4-8H,17H2,1-3H3,(H,19,22)(H,18,20,21). The third-order valence-corrected chi connectivity index (χ3v) is 2.79. The fourth-order valence-corrected chi connectivity index (χ4v) is 1.79. The molecular weight excluding hydrogens is 334 g/mol. The summed E-state index contributed by atoms with van der Waals surface area (Å²) in [5.41, 5.74) is 2.22. The van der Waals surface area contributed by atoms with E-state index in [0.29, 0.717) is 11.4 Å². The molecule has 0 spiro atoms. The summed E-state index contributed by atoms with van der Waals surface area (Å²) < 4.78 is 10.8. The van der Waals surface area contributed by atoms with Crippen molar-refractivity contribution in [2.24, 2.45) is 5.84 Å². The molecule has 1 aromatic heterocycles. The Bertz CT molecular complexity index is 733. The second kappa shape index (κ2) is 7.33. The number of hydrogen-bond acceptors (Lipinski definition) is 7. The first-order valence-corrected chi connectivity index (χ1v) is 7.42. The van der Waals surface area contributed by atoms with Gasteiger partial charge in [-0.3, -0.25) is 10.7 Å². The minimum absolute atomic E-state index is 0.133. The molecule has 0 radical (unpaired) electrons. The highest BCUT2D eigenvalue weighted by Gasteiger charge is 2.16. The zero-order valence-corrected chi connectivity index (χ0v) is 14.2. The van der Waals surface area contributed by atoms with Gasteiger partial charge in [0, 0.05) is 11.8 Å². The van der Waals surface area contributed by atoms with Crippen LogP contribution in [0.25, 0.3) is 0 Å². The van der Waals surface area contributed by atoms with Crippen molar-refractivity contribution in [1.29, 1.82) is 0 Å². The minimum atomic E-state index is -0.585. The van der Waals surface area contributed by atoms with Crippen LogP contribution in [-0.4, -0.2) is 21.7 Å². The van der Waals surface area contributed by atoms with Gasteiger partial charge in [-0.05, 0) is 32.9 Å². The number of aromatic nitrogens is 2. The maximum absolute atomic E-state index is 11.8. The molecule has 0 aliphatic heterocycles. The van der Waals surface area contributed by atoms with Crippen molar-refractivity contribution in [3.63, 3.8) is 0 Å². The lowest BCUT2D eigenvalue weighted by atomic mass is 10.2. The van der Waals surface area contributed by atoms with Gasteiger partial charge in [-0.25, -0.2) is 15.6 Å². The monoisotopic (exact) mass is 351 g/mol. The van der Waals surface area contributed by atoms with Gasteiger partial charge in [-0.1, -0.05) is 17.7 Å². The molecule has 1 aromatic carbocycles. The van der Waals surface area contributed by atoms with Crippen LogP contribution in [0.3, 0.4) is 0 Å². The van der Waals surface area contributed by atoms with E-state index in [1.165, 1.54) is 6.20 Å². The average Bonchev–Trinajstić information content (AvgIpc) is 2.48. The van der Waals surface area contributed by atoms with E-state index in [1.54, 1.807) is 45.0 Å². The summed E-state index contributed by atoms with van der Waals surface area (Å²) in [4.78, 5) is 19.7. The molecule has 128 valence electrons. The molecule has 0 saturated heterocycles. The molecule has 1 heterocycles. The Morgan fingerprint density at radius 2 is 2.08 bits per heavy atom. The molecule has 0 aliphatic carbocycles. The number of nitrogens with two attached hydrogens (primary N) is 1. The third kappa shape index (κ3) is 5.25. The summed E-state index contributed by atoms with van der Waals surface area (Å²) in [6, 6.07) is 6.70. The lowest BCUT2D eigenvalue weighted by Crippen LogP contribution is -2.27. The minimum Gasteiger partial charge on any atom is -0.444 e. The number of carbonyl (C=O) groups excluding carboxylic acids is 1. The zero-order valence-electron chi connectivity index (χ0n) is 13.5. The predicted octanol–water partition coefficient (Wildman–Crippen LogP) is 3.55. The van der Waals surface area contributed by atoms with Crippen molar-refractivity contribution < 1.29 is 14.3 Å². The number of hydrogen-bond donors (Lipinski definition) is 3. The molecule has 24 heavy (non-hydrogen) atoms. The number of carbonyl (C=O) groups is 1. The van der Waals surface area contributed by atoms with E-state index in [-0.39, 0.29) is 16.9 Å². The number of hydrazine groups is 1. The number of nitrogen functional groups attached to an aromatic ring is 1. The summed E-state index contributed by atoms with van der Waals surface area (Å²) in [5, 5.41) is 2.84. The Kier molecular flexibility index (Phi) is 5.42. The topological polar surface area (TPSA) is 111 Å². The fraction of sp³-hybridized carbons (Fsp3) is 0.267. The van der Waals surface area contributed by atoms with E-state index in [0.717, 1.165) is 0 Å². The Balaban J connectivity index is 2.12. The largest absolute Gasteiger partial charge is 0.444 e. The van der Waals surface area contributed by atoms with Gasteiger partial charge < -0.3 is 9.47 Å². The van der Waals surface area contributed by atoms with E-state index in [2.05, 4.69) is 20.7 Å². The van der Waals surface area contributed by atoms with E-state index in [4.69, 9.17) is 26.9 Å². The smallest absolute Gasteiger partial charge is 0.412 e. The molecule has 0 aliphatic rings. The SMILES string of the molecule is CC(C)(C)OC(=O)Nc1cccc(Oc2nc(NN)ncc2Cl)c1. The molecule has 0 atom stereocenters. The van der Waals surface area contributed by atoms with Gasteiger partial charge >= 0.3 is 6.09 Å². The molecule has 9 heteroatoms. The number of benzene rings is 1. The van der Waals surface area contributed by atoms with E-state index < -0.39 is 11.7 Å². The summed E-state index contributed by atoms with van der Waals surface area (Å²) >= 11 is 5.99. The van der Waals surface area contributed by atoms with Crippen LogP contribution >= 0.6 is 11.6 Å². The van der Waals surface area contributed by atoms with Crippen LogP contribution in [0.1, 0.15) is 20.8 Å². The normalized spacial score (nSPS) is 10.9. The molecule has 0 saturated carbocycles. The van der Waals surface area contributed by atoms with E-state index in [9.17, 15) is 4.79 Å². The molecule has 2 aromatic rings. The number of amides is 1. The third-order valence-electron chi connectivity index (χ3n) is 2.53. The van der Waals surface area contributed by atoms with Crippen molar-refractivity contribution in [2.75, 3.05) is 10.7 Å². The number of anilines is 2. The van der Waals surface area contributed by atoms with Gasteiger partial charge in [0.15, 0.2) is 0 Å². The number of nitrogens with one attached hydrogen (secondary N) is 2. The number of ether oxygens (including phenoxy) is 2. The van der Waals surface area contributed by atoms with Gasteiger partial charge in [-0.15, -0.1) is 0 Å². The molecule has 0 bridgehead atoms. The molecule has 2 rings (SSSR count). The molecular formula is C15H18ClN5O3. The molecule has 1 amide bonds. The first kappa shape index (κ1) is 17.8. The van der Waals surface area contributed by atoms with Crippen LogP contribution in [-0.2, 0) is 4.74 Å². The Morgan fingerprint density at radius 3 is 2.75 bits per heavy atom. The van der Waals surface area contributed by atoms with Gasteiger partial charge in [0.05, 0.1) is 6.20 Å². The number of halogens is 1. The summed E-state index contributed by atoms with van der Waals surface area (Å²) in [5.74, 6) is 5.98. The van der Waals surface area contributed by atoms with E-state index >= 15 is 0 Å². The maximum Gasteiger partial charge on any atom is 0.412 e. The molecule has 8 nitrogen and oxygen atoms in total. The lowest BCUT2D eigenvalue weighted by molar-refractivity contribution is 0.0636. The molecule has 4 N–H and O–H groups in total. The van der Waals surface area contributed by atoms with Crippen LogP contribution < -0.4 is 21.3 Å². The summed E-state index contributed by atoms with van der Waals surface area (Å²) in [7, 11) is 0. The van der Waals surface area contributed by atoms with E-state index in [1.807, 2.05) is 0 Å². The number of rotatable bonds is 4. The first-order valence-electron chi connectivity index (χ1n) is 7.04. The van der Waals surface area contributed by atoms with Crippen LogP contribution in [0.4, 0.5) is 16.4 Å². The highest BCUT2D eigenvalue weighted by Crippen LogP contribution is 2.28. The Labute approximate surface area is 144 Å². The summed E-state index contributed by atoms with van der Waals surface area (Å²) in [6.07, 6.45) is 0.802. The lowest BCUT2D eigenvalue weighted by Gasteiger charge is -2.19. The Morgan fingerprint density at radius 1 is 1.33 bits per heavy atom. The van der Waals surface area contributed by atoms with Crippen LogP contribution in [0.5, 0.6) is 11.6 Å². The van der Waals surface area contributed by atoms with Crippen molar-refractivity contribution in [3.05, 3.63) is 35.5 Å². The zero-order chi connectivity index (χ0) is 17.7. The predicted molar refractivity (Wildman–Crippen MR) is 91.2 cm³/mol. The molecule has 0 unspecified atom stereocenters. The van der Waals surface area contributed by atoms with Crippen molar-refractivity contribution in [2.45, 2.75) is 26.4 Å². The second-order valence-electron chi connectivity index (χ2n) is 5.75. The first-order chi connectivity index (χ1) is 11.3. The highest BCUT2D eigenvalue weighted by molar-refractivity contribution is 6.31. The quantitative estimate of drug-likeness (QED) is 0.570. The molecule has 0 fully saturated rings. The second-order valence-corrected chi connectivity index (χ2v) is 6.16. The van der Waals surface area contributed by atoms with Crippen molar-refractivity contribution in [3.8, 4) is 11.6 Å². The van der Waals surface area contributed by atoms with Gasteiger partial charge in [0.1, 0.15) is 16.4 Å². The van der Waals surface area contributed by atoms with Crippen LogP contribution in [0.2, 0.25) is 5.02 Å². The Hall–Kier alpha value is -2.58. The van der Waals surface area contributed by atoms with Gasteiger partial charge in [-0.2, -0.15) is 4.98 Å². The van der Waals surface area contributed by atoms with Crippen LogP contribution in [0.15, 0.2) is 30.5 Å². The average molecular weight is 352 g/mol. The van der Waals surface area contributed by atoms with Crippen molar-refractivity contribution in [1.82, 2.24) is 9.97 Å². The number of nitrogens with zero attached hydrogens (tertiary/aromatic N) is 2. The van der Waals surface area contributed by atoms with Crippen molar-refractivity contribution >= 4 is 29.3 Å². The van der Waals surface area contributed by atoms with Gasteiger partial charge in [0.25, 0.3) is 0 Å².